The van der Waals surface area contributed by atoms with Crippen LogP contribution in [0, 0.1) is 0 Å². The molecule has 0 atom stereocenters. The second-order valence-electron chi connectivity index (χ2n) is 11.7. The van der Waals surface area contributed by atoms with Gasteiger partial charge in [-0.25, -0.2) is 0 Å². The van der Waals surface area contributed by atoms with Crippen molar-refractivity contribution in [2.75, 3.05) is 14.2 Å². The Labute approximate surface area is 251 Å². The number of aromatic nitrogens is 2. The summed E-state index contributed by atoms with van der Waals surface area (Å²) >= 11 is 0. The van der Waals surface area contributed by atoms with Crippen LogP contribution >= 0.6 is 0 Å². The van der Waals surface area contributed by atoms with Crippen molar-refractivity contribution < 1.29 is 9.47 Å². The fourth-order valence-corrected chi connectivity index (χ4v) is 7.20. The molecule has 214 valence electrons. The van der Waals surface area contributed by atoms with Crippen LogP contribution in [0.3, 0.4) is 0 Å². The van der Waals surface area contributed by atoms with Crippen molar-refractivity contribution in [1.29, 1.82) is 0 Å². The summed E-state index contributed by atoms with van der Waals surface area (Å²) in [5, 5.41) is 5.31. The van der Waals surface area contributed by atoms with Crippen LogP contribution in [-0.4, -0.2) is 28.3 Å². The molecule has 0 saturated heterocycles. The van der Waals surface area contributed by atoms with Crippen molar-refractivity contribution in [3.63, 3.8) is 0 Å². The lowest BCUT2D eigenvalue weighted by Crippen LogP contribution is -2.23. The number of fused-ring (bicyclic) bond motifs is 2. The van der Waals surface area contributed by atoms with Crippen LogP contribution in [0.2, 0.25) is 0 Å². The van der Waals surface area contributed by atoms with E-state index in [1.54, 1.807) is 14.2 Å². The van der Waals surface area contributed by atoms with E-state index in [9.17, 15) is 0 Å². The number of para-hydroxylation sites is 2. The van der Waals surface area contributed by atoms with E-state index in [1.165, 1.54) is 54.7 Å². The van der Waals surface area contributed by atoms with Crippen molar-refractivity contribution in [2.24, 2.45) is 0 Å². The maximum absolute atomic E-state index is 5.79. The molecule has 7 aromatic rings. The van der Waals surface area contributed by atoms with Gasteiger partial charge in [0.15, 0.2) is 0 Å². The minimum Gasteiger partial charge on any atom is -0.497 e. The Morgan fingerprint density at radius 2 is 1.12 bits per heavy atom. The van der Waals surface area contributed by atoms with Crippen LogP contribution in [0.1, 0.15) is 23.1 Å². The molecule has 5 nitrogen and oxygen atoms in total. The van der Waals surface area contributed by atoms with Crippen LogP contribution in [0.5, 0.6) is 11.5 Å². The highest BCUT2D eigenvalue weighted by atomic mass is 16.5. The Hall–Kier alpha value is -4.74. The van der Waals surface area contributed by atoms with Gasteiger partial charge in [0.1, 0.15) is 11.5 Å². The van der Waals surface area contributed by atoms with Crippen molar-refractivity contribution in [3.8, 4) is 11.5 Å². The zero-order valence-electron chi connectivity index (χ0n) is 24.7. The van der Waals surface area contributed by atoms with Gasteiger partial charge in [-0.3, -0.25) is 4.90 Å². The third-order valence-electron chi connectivity index (χ3n) is 9.13. The first-order valence-electron chi connectivity index (χ1n) is 15.1. The van der Waals surface area contributed by atoms with Gasteiger partial charge in [0.05, 0.1) is 14.2 Å². The van der Waals surface area contributed by atoms with Gasteiger partial charge in [-0.05, 0) is 72.1 Å². The van der Waals surface area contributed by atoms with Gasteiger partial charge < -0.3 is 18.6 Å². The van der Waals surface area contributed by atoms with Crippen LogP contribution in [0.4, 0.5) is 0 Å². The van der Waals surface area contributed by atoms with E-state index in [0.717, 1.165) is 56.2 Å². The topological polar surface area (TPSA) is 31.6 Å². The van der Waals surface area contributed by atoms with Crippen molar-refractivity contribution >= 4 is 43.6 Å². The van der Waals surface area contributed by atoms with Crippen LogP contribution in [0.15, 0.2) is 103 Å². The summed E-state index contributed by atoms with van der Waals surface area (Å²) in [6.45, 7) is 4.31. The smallest absolute Gasteiger partial charge is 0.123 e. The molecule has 0 aliphatic carbocycles. The molecular formula is C38H35N3O2. The third kappa shape index (κ3) is 4.43. The molecule has 0 amide bonds. The molecule has 0 fully saturated rings. The average Bonchev–Trinajstić information content (AvgIpc) is 3.52. The molecule has 5 heteroatoms. The van der Waals surface area contributed by atoms with Crippen molar-refractivity contribution in [3.05, 3.63) is 120 Å². The van der Waals surface area contributed by atoms with E-state index in [0.29, 0.717) is 0 Å². The number of hydrogen-bond donors (Lipinski definition) is 0. The van der Waals surface area contributed by atoms with E-state index in [-0.39, 0.29) is 0 Å². The van der Waals surface area contributed by atoms with Gasteiger partial charge in [0.2, 0.25) is 0 Å². The van der Waals surface area contributed by atoms with E-state index in [4.69, 9.17) is 9.47 Å². The molecule has 8 bridgehead atoms. The lowest BCUT2D eigenvalue weighted by Gasteiger charge is -2.24. The van der Waals surface area contributed by atoms with Crippen molar-refractivity contribution in [2.45, 2.75) is 39.1 Å². The Balaban J connectivity index is 1.31. The lowest BCUT2D eigenvalue weighted by atomic mass is 10.1. The fraction of sp³-hybridized carbons (Fsp3) is 0.211. The highest BCUT2D eigenvalue weighted by molar-refractivity contribution is 6.09. The predicted molar refractivity (Wildman–Crippen MR) is 176 cm³/mol. The molecule has 6 heterocycles. The molecule has 4 aliphatic heterocycles. The SMILES string of the molecule is COc1ccc(OC)c(CN2Cc3ccc4c(c3)c3ccccc3n4CCCn3c4ccccc4c4cc(ccc43)C2)c1. The fourth-order valence-electron chi connectivity index (χ4n) is 7.20. The Bertz CT molecular complexity index is 2010. The molecule has 0 spiro atoms. The van der Waals surface area contributed by atoms with E-state index in [2.05, 4.69) is 105 Å². The molecule has 0 N–H and O–H groups in total. The Kier molecular flexibility index (Phi) is 6.34. The zero-order valence-corrected chi connectivity index (χ0v) is 24.7. The van der Waals surface area contributed by atoms with Crippen LogP contribution in [0.25, 0.3) is 43.6 Å². The van der Waals surface area contributed by atoms with Gasteiger partial charge in [0, 0.05) is 81.9 Å². The number of methoxy groups -OCH3 is 2. The largest absolute Gasteiger partial charge is 0.497 e. The molecular weight excluding hydrogens is 530 g/mol. The number of rotatable bonds is 4. The van der Waals surface area contributed by atoms with Gasteiger partial charge in [-0.15, -0.1) is 0 Å². The quantitative estimate of drug-likeness (QED) is 0.214. The molecule has 0 saturated carbocycles. The lowest BCUT2D eigenvalue weighted by molar-refractivity contribution is 0.243. The van der Waals surface area contributed by atoms with Gasteiger partial charge in [0.25, 0.3) is 0 Å². The number of ether oxygens (including phenoxy) is 2. The van der Waals surface area contributed by atoms with E-state index >= 15 is 0 Å². The summed E-state index contributed by atoms with van der Waals surface area (Å²) in [4.78, 5) is 2.52. The zero-order chi connectivity index (χ0) is 28.9. The standard InChI is InChI=1S/C38H35N3O2/c1-42-29-14-17-38(43-2)28(22-29)25-39-23-26-12-15-36-32(20-26)30-8-3-5-10-34(30)40(36)18-7-19-41-35-11-6-4-9-31(35)33-21-27(24-39)13-16-37(33)41/h3-6,8-17,20-22H,7,18-19,23-25H2,1-2H3. The molecule has 43 heavy (non-hydrogen) atoms. The molecule has 11 rings (SSSR count). The summed E-state index contributed by atoms with van der Waals surface area (Å²) in [6, 6.07) is 37.9. The second-order valence-corrected chi connectivity index (χ2v) is 11.7. The van der Waals surface area contributed by atoms with Crippen LogP contribution < -0.4 is 9.47 Å². The summed E-state index contributed by atoms with van der Waals surface area (Å²) in [6.07, 6.45) is 1.06. The summed E-state index contributed by atoms with van der Waals surface area (Å²) in [5.41, 5.74) is 8.97. The minimum absolute atomic E-state index is 0.736. The summed E-state index contributed by atoms with van der Waals surface area (Å²) in [7, 11) is 3.46. The summed E-state index contributed by atoms with van der Waals surface area (Å²) < 4.78 is 16.4. The first kappa shape index (κ1) is 25.9. The molecule has 4 aliphatic rings. The number of nitrogens with zero attached hydrogens (tertiary/aromatic N) is 3. The maximum Gasteiger partial charge on any atom is 0.123 e. The highest BCUT2D eigenvalue weighted by Crippen LogP contribution is 2.34. The molecule has 0 unspecified atom stereocenters. The maximum atomic E-state index is 5.79. The second kappa shape index (κ2) is 10.5. The Morgan fingerprint density at radius 1 is 0.558 bits per heavy atom. The predicted octanol–water partition coefficient (Wildman–Crippen LogP) is 8.53. The first-order chi connectivity index (χ1) is 21.2. The van der Waals surface area contributed by atoms with E-state index < -0.39 is 0 Å². The van der Waals surface area contributed by atoms with E-state index in [1.807, 2.05) is 12.1 Å². The Morgan fingerprint density at radius 3 is 1.67 bits per heavy atom. The van der Waals surface area contributed by atoms with Crippen LogP contribution in [-0.2, 0) is 32.7 Å². The monoisotopic (exact) mass is 565 g/mol. The normalized spacial score (nSPS) is 14.3. The van der Waals surface area contributed by atoms with Gasteiger partial charge >= 0.3 is 0 Å². The molecule has 2 aromatic heterocycles. The third-order valence-corrected chi connectivity index (χ3v) is 9.13. The minimum atomic E-state index is 0.736. The number of benzene rings is 5. The van der Waals surface area contributed by atoms with Crippen molar-refractivity contribution in [1.82, 2.24) is 14.0 Å². The van der Waals surface area contributed by atoms with Gasteiger partial charge in [-0.1, -0.05) is 48.5 Å². The highest BCUT2D eigenvalue weighted by Gasteiger charge is 2.18. The number of hydrogen-bond acceptors (Lipinski definition) is 3. The van der Waals surface area contributed by atoms with Gasteiger partial charge in [-0.2, -0.15) is 0 Å². The average molecular weight is 566 g/mol. The summed E-state index contributed by atoms with van der Waals surface area (Å²) in [5.74, 6) is 1.72. The molecule has 5 aromatic carbocycles. The molecule has 0 radical (unpaired) electrons. The number of aryl methyl sites for hydroxylation is 2. The first-order valence-corrected chi connectivity index (χ1v) is 15.1.